The number of aromatic nitrogens is 3. The van der Waals surface area contributed by atoms with Crippen molar-refractivity contribution in [1.29, 1.82) is 0 Å². The average molecular weight is 568 g/mol. The first-order chi connectivity index (χ1) is 18.6. The number of nitrogens with one attached hydrogen (secondary N) is 2. The third-order valence-electron chi connectivity index (χ3n) is 7.07. The van der Waals surface area contributed by atoms with Crippen LogP contribution in [0.5, 0.6) is 5.75 Å². The molecule has 1 amide bonds. The molecule has 2 N–H and O–H groups in total. The molecule has 2 aromatic carbocycles. The normalized spacial score (nSPS) is 15.7. The molecule has 0 radical (unpaired) electrons. The number of fused-ring (bicyclic) bond motifs is 1. The van der Waals surface area contributed by atoms with E-state index in [-0.39, 0.29) is 17.3 Å². The summed E-state index contributed by atoms with van der Waals surface area (Å²) >= 11 is 0.994. The number of pyridine rings is 1. The van der Waals surface area contributed by atoms with E-state index in [0.29, 0.717) is 48.9 Å². The van der Waals surface area contributed by atoms with Gasteiger partial charge < -0.3 is 10.1 Å². The summed E-state index contributed by atoms with van der Waals surface area (Å²) in [5.74, 6) is 0.362. The highest BCUT2D eigenvalue weighted by Crippen LogP contribution is 2.36. The van der Waals surface area contributed by atoms with Gasteiger partial charge in [-0.2, -0.15) is 5.10 Å². The monoisotopic (exact) mass is 567 g/mol. The van der Waals surface area contributed by atoms with Crippen LogP contribution in [-0.4, -0.2) is 59.7 Å². The van der Waals surface area contributed by atoms with Crippen molar-refractivity contribution in [3.8, 4) is 5.75 Å². The van der Waals surface area contributed by atoms with Crippen molar-refractivity contribution in [3.05, 3.63) is 86.1 Å². The SMILES string of the molecule is Cc1cc(COc2ccc(C(=O)NCC3(c4n[nH]c(=O)s4)CCN(S(C)(=O)=O)CC3)cc2)c2ccccc2n1. The lowest BCUT2D eigenvalue weighted by Crippen LogP contribution is -2.50. The first-order valence-corrected chi connectivity index (χ1v) is 15.2. The molecule has 39 heavy (non-hydrogen) atoms. The Labute approximate surface area is 230 Å². The Morgan fingerprint density at radius 3 is 2.54 bits per heavy atom. The van der Waals surface area contributed by atoms with Gasteiger partial charge in [-0.3, -0.25) is 14.6 Å². The van der Waals surface area contributed by atoms with Crippen molar-refractivity contribution in [2.45, 2.75) is 31.8 Å². The molecular formula is C27H29N5O5S2. The quantitative estimate of drug-likeness (QED) is 0.334. The maximum absolute atomic E-state index is 13.0. The lowest BCUT2D eigenvalue weighted by Gasteiger charge is -2.39. The average Bonchev–Trinajstić information content (AvgIpc) is 3.37. The van der Waals surface area contributed by atoms with Crippen molar-refractivity contribution < 1.29 is 17.9 Å². The van der Waals surface area contributed by atoms with Gasteiger partial charge in [-0.05, 0) is 56.2 Å². The molecule has 5 rings (SSSR count). The summed E-state index contributed by atoms with van der Waals surface area (Å²) in [7, 11) is -3.32. The lowest BCUT2D eigenvalue weighted by molar-refractivity contribution is 0.0932. The number of amides is 1. The molecule has 4 aromatic rings. The number of sulfonamides is 1. The number of aromatic amines is 1. The minimum atomic E-state index is -3.32. The maximum atomic E-state index is 13.0. The van der Waals surface area contributed by atoms with E-state index < -0.39 is 15.4 Å². The second-order valence-corrected chi connectivity index (χ2v) is 12.7. The van der Waals surface area contributed by atoms with Crippen LogP contribution >= 0.6 is 11.3 Å². The van der Waals surface area contributed by atoms with Crippen LogP contribution in [-0.2, 0) is 22.0 Å². The van der Waals surface area contributed by atoms with E-state index in [1.54, 1.807) is 24.3 Å². The number of rotatable bonds is 8. The number of para-hydroxylation sites is 1. The highest BCUT2D eigenvalue weighted by atomic mass is 32.2. The van der Waals surface area contributed by atoms with Crippen LogP contribution in [0.3, 0.4) is 0 Å². The van der Waals surface area contributed by atoms with Gasteiger partial charge in [0.25, 0.3) is 5.91 Å². The maximum Gasteiger partial charge on any atom is 0.322 e. The summed E-state index contributed by atoms with van der Waals surface area (Å²) in [5.41, 5.74) is 2.71. The number of piperidine rings is 1. The summed E-state index contributed by atoms with van der Waals surface area (Å²) in [5, 5.41) is 11.2. The number of H-pyrrole nitrogens is 1. The molecule has 12 heteroatoms. The number of hydrogen-bond donors (Lipinski definition) is 2. The van der Waals surface area contributed by atoms with Crippen LogP contribution in [0.25, 0.3) is 10.9 Å². The first kappa shape index (κ1) is 27.0. The molecule has 0 saturated carbocycles. The highest BCUT2D eigenvalue weighted by molar-refractivity contribution is 7.88. The number of carbonyl (C=O) groups is 1. The largest absolute Gasteiger partial charge is 0.489 e. The van der Waals surface area contributed by atoms with Gasteiger partial charge >= 0.3 is 4.87 Å². The Balaban J connectivity index is 1.24. The molecule has 2 aromatic heterocycles. The predicted octanol–water partition coefficient (Wildman–Crippen LogP) is 2.99. The van der Waals surface area contributed by atoms with Gasteiger partial charge in [0.15, 0.2) is 0 Å². The molecule has 1 saturated heterocycles. The van der Waals surface area contributed by atoms with E-state index in [2.05, 4.69) is 20.5 Å². The molecule has 0 unspecified atom stereocenters. The fourth-order valence-corrected chi connectivity index (χ4v) is 6.60. The smallest absolute Gasteiger partial charge is 0.322 e. The van der Waals surface area contributed by atoms with Crippen molar-refractivity contribution in [2.75, 3.05) is 25.9 Å². The zero-order valence-electron chi connectivity index (χ0n) is 21.6. The summed E-state index contributed by atoms with van der Waals surface area (Å²) in [4.78, 5) is 29.1. The number of ether oxygens (including phenoxy) is 1. The number of hydrogen-bond acceptors (Lipinski definition) is 8. The minimum absolute atomic E-state index is 0.233. The molecule has 0 bridgehead atoms. The van der Waals surface area contributed by atoms with Gasteiger partial charge in [0, 0.05) is 47.3 Å². The number of nitrogens with zero attached hydrogens (tertiary/aromatic N) is 3. The van der Waals surface area contributed by atoms with E-state index in [9.17, 15) is 18.0 Å². The van der Waals surface area contributed by atoms with Crippen LogP contribution in [0.2, 0.25) is 0 Å². The van der Waals surface area contributed by atoms with Crippen LogP contribution in [0.15, 0.2) is 59.4 Å². The van der Waals surface area contributed by atoms with Gasteiger partial charge in [0.05, 0.1) is 11.8 Å². The van der Waals surface area contributed by atoms with Gasteiger partial charge in [-0.15, -0.1) is 0 Å². The summed E-state index contributed by atoms with van der Waals surface area (Å²) in [6.45, 7) is 3.14. The molecule has 0 aliphatic carbocycles. The van der Waals surface area contributed by atoms with E-state index in [1.165, 1.54) is 10.6 Å². The molecule has 1 aliphatic heterocycles. The summed E-state index contributed by atoms with van der Waals surface area (Å²) in [6.07, 6.45) is 2.07. The summed E-state index contributed by atoms with van der Waals surface area (Å²) in [6, 6.07) is 16.9. The zero-order valence-corrected chi connectivity index (χ0v) is 23.3. The number of carbonyl (C=O) groups excluding carboxylic acids is 1. The Bertz CT molecular complexity index is 1660. The van der Waals surface area contributed by atoms with Crippen molar-refractivity contribution in [2.24, 2.45) is 0 Å². The Morgan fingerprint density at radius 2 is 1.87 bits per heavy atom. The van der Waals surface area contributed by atoms with E-state index >= 15 is 0 Å². The standard InChI is InChI=1S/C27H29N5O5S2/c1-18-15-20(22-5-3-4-6-23(22)29-18)16-37-21-9-7-19(8-10-21)24(33)28-17-27(25-30-31-26(34)38-25)11-13-32(14-12-27)39(2,35)36/h3-10,15H,11-14,16-17H2,1-2H3,(H,28,33)(H,31,34). The Morgan fingerprint density at radius 1 is 1.15 bits per heavy atom. The van der Waals surface area contributed by atoms with Crippen LogP contribution in [0, 0.1) is 6.92 Å². The lowest BCUT2D eigenvalue weighted by atomic mass is 9.79. The number of benzene rings is 2. The fraction of sp³-hybridized carbons (Fsp3) is 0.333. The summed E-state index contributed by atoms with van der Waals surface area (Å²) < 4.78 is 31.4. The zero-order chi connectivity index (χ0) is 27.6. The van der Waals surface area contributed by atoms with Crippen molar-refractivity contribution in [1.82, 2.24) is 24.8 Å². The molecule has 3 heterocycles. The Kier molecular flexibility index (Phi) is 7.52. The minimum Gasteiger partial charge on any atom is -0.489 e. The molecule has 1 fully saturated rings. The van der Waals surface area contributed by atoms with Gasteiger partial charge in [0.2, 0.25) is 10.0 Å². The fourth-order valence-electron chi connectivity index (χ4n) is 4.90. The third-order valence-corrected chi connectivity index (χ3v) is 9.37. The molecular weight excluding hydrogens is 538 g/mol. The van der Waals surface area contributed by atoms with E-state index in [1.807, 2.05) is 37.3 Å². The molecule has 10 nitrogen and oxygen atoms in total. The van der Waals surface area contributed by atoms with Crippen molar-refractivity contribution >= 4 is 38.2 Å². The molecule has 1 aliphatic rings. The Hall–Kier alpha value is -3.61. The molecule has 0 atom stereocenters. The van der Waals surface area contributed by atoms with Gasteiger partial charge in [0.1, 0.15) is 17.4 Å². The second kappa shape index (κ2) is 10.9. The molecule has 0 spiro atoms. The highest BCUT2D eigenvalue weighted by Gasteiger charge is 2.41. The van der Waals surface area contributed by atoms with E-state index in [0.717, 1.165) is 33.5 Å². The van der Waals surface area contributed by atoms with Crippen LogP contribution in [0.4, 0.5) is 0 Å². The third kappa shape index (κ3) is 6.02. The van der Waals surface area contributed by atoms with Crippen LogP contribution < -0.4 is 14.9 Å². The predicted molar refractivity (Wildman–Crippen MR) is 150 cm³/mol. The first-order valence-electron chi connectivity index (χ1n) is 12.5. The van der Waals surface area contributed by atoms with Crippen LogP contribution in [0.1, 0.15) is 39.5 Å². The molecule has 204 valence electrons. The number of aryl methyl sites for hydroxylation is 1. The van der Waals surface area contributed by atoms with Crippen molar-refractivity contribution in [3.63, 3.8) is 0 Å². The topological polar surface area (TPSA) is 134 Å². The second-order valence-electron chi connectivity index (χ2n) is 9.80. The van der Waals surface area contributed by atoms with Gasteiger partial charge in [-0.1, -0.05) is 29.5 Å². The van der Waals surface area contributed by atoms with Gasteiger partial charge in [-0.25, -0.2) is 17.8 Å². The van der Waals surface area contributed by atoms with E-state index in [4.69, 9.17) is 4.74 Å².